The molecule has 2 aromatic rings. The van der Waals surface area contributed by atoms with Crippen molar-refractivity contribution in [3.8, 4) is 5.88 Å². The monoisotopic (exact) mass is 280 g/mol. The van der Waals surface area contributed by atoms with Crippen molar-refractivity contribution in [1.29, 1.82) is 0 Å². The van der Waals surface area contributed by atoms with Crippen LogP contribution in [-0.4, -0.2) is 15.1 Å². The molecule has 19 heavy (non-hydrogen) atoms. The molecular weight excluding hydrogens is 267 g/mol. The lowest BCUT2D eigenvalue weighted by atomic mass is 10.2. The molecule has 1 aromatic carbocycles. The van der Waals surface area contributed by atoms with E-state index in [2.05, 4.69) is 9.97 Å². The number of rotatable bonds is 4. The third kappa shape index (κ3) is 3.14. The maximum atomic E-state index is 13.4. The van der Waals surface area contributed by atoms with Gasteiger partial charge < -0.3 is 10.1 Å². The molecule has 0 amide bonds. The van der Waals surface area contributed by atoms with Gasteiger partial charge >= 0.3 is 0 Å². The molecule has 1 heterocycles. The number of nitrogens with one attached hydrogen (secondary N) is 1. The van der Waals surface area contributed by atoms with Crippen molar-refractivity contribution in [1.82, 2.24) is 9.97 Å². The van der Waals surface area contributed by atoms with Gasteiger partial charge in [0.2, 0.25) is 5.88 Å². The van der Waals surface area contributed by atoms with Gasteiger partial charge in [-0.05, 0) is 18.6 Å². The molecule has 0 saturated heterocycles. The van der Waals surface area contributed by atoms with Crippen LogP contribution < -0.4 is 5.56 Å². The van der Waals surface area contributed by atoms with E-state index in [0.29, 0.717) is 17.1 Å². The second kappa shape index (κ2) is 5.88. The summed E-state index contributed by atoms with van der Waals surface area (Å²) in [5.41, 5.74) is -0.0845. The number of aromatic hydroxyl groups is 1. The van der Waals surface area contributed by atoms with Crippen LogP contribution in [0.25, 0.3) is 0 Å². The van der Waals surface area contributed by atoms with Crippen molar-refractivity contribution < 1.29 is 9.50 Å². The Morgan fingerprint density at radius 1 is 1.42 bits per heavy atom. The van der Waals surface area contributed by atoms with Gasteiger partial charge in [0.25, 0.3) is 5.56 Å². The Kier molecular flexibility index (Phi) is 4.21. The van der Waals surface area contributed by atoms with Crippen LogP contribution in [0.5, 0.6) is 5.88 Å². The number of aromatic nitrogens is 2. The Hall–Kier alpha value is -1.82. The number of thioether (sulfide) groups is 1. The van der Waals surface area contributed by atoms with Crippen molar-refractivity contribution in [3.05, 3.63) is 51.8 Å². The first-order valence-electron chi connectivity index (χ1n) is 5.80. The fraction of sp³-hybridized carbons (Fsp3) is 0.231. The number of hydrogen-bond donors (Lipinski definition) is 2. The van der Waals surface area contributed by atoms with Crippen LogP contribution in [-0.2, 0) is 12.2 Å². The second-order valence-electron chi connectivity index (χ2n) is 3.89. The summed E-state index contributed by atoms with van der Waals surface area (Å²) in [6.45, 7) is 1.76. The van der Waals surface area contributed by atoms with E-state index in [-0.39, 0.29) is 28.6 Å². The lowest BCUT2D eigenvalue weighted by Gasteiger charge is -2.05. The maximum Gasteiger partial charge on any atom is 0.257 e. The number of halogens is 1. The van der Waals surface area contributed by atoms with Crippen molar-refractivity contribution in [2.75, 3.05) is 0 Å². The van der Waals surface area contributed by atoms with Crippen LogP contribution in [0.3, 0.4) is 0 Å². The molecule has 0 aliphatic carbocycles. The van der Waals surface area contributed by atoms with Gasteiger partial charge in [-0.25, -0.2) is 4.39 Å². The zero-order chi connectivity index (χ0) is 13.8. The Morgan fingerprint density at radius 3 is 2.79 bits per heavy atom. The first-order chi connectivity index (χ1) is 9.11. The molecule has 0 aliphatic heterocycles. The highest BCUT2D eigenvalue weighted by molar-refractivity contribution is 7.98. The highest BCUT2D eigenvalue weighted by Crippen LogP contribution is 2.24. The van der Waals surface area contributed by atoms with Gasteiger partial charge in [-0.1, -0.05) is 19.1 Å². The van der Waals surface area contributed by atoms with Gasteiger partial charge in [0.15, 0.2) is 0 Å². The van der Waals surface area contributed by atoms with Crippen molar-refractivity contribution in [2.24, 2.45) is 0 Å². The van der Waals surface area contributed by atoms with E-state index in [4.69, 9.17) is 0 Å². The molecular formula is C13H13FN2O2S. The largest absolute Gasteiger partial charge is 0.493 e. The molecule has 1 aromatic heterocycles. The van der Waals surface area contributed by atoms with Gasteiger partial charge in [-0.15, -0.1) is 11.8 Å². The summed E-state index contributed by atoms with van der Waals surface area (Å²) in [5.74, 6) is 0.0425. The van der Waals surface area contributed by atoms with E-state index in [9.17, 15) is 14.3 Å². The molecule has 2 N–H and O–H groups in total. The molecule has 0 fully saturated rings. The summed E-state index contributed by atoms with van der Waals surface area (Å²) in [5, 5.41) is 9.61. The number of nitrogens with zero attached hydrogens (tertiary/aromatic N) is 1. The summed E-state index contributed by atoms with van der Waals surface area (Å²) in [7, 11) is 0. The number of H-pyrrole nitrogens is 1. The van der Waals surface area contributed by atoms with E-state index in [0.717, 1.165) is 0 Å². The molecule has 0 unspecified atom stereocenters. The van der Waals surface area contributed by atoms with Gasteiger partial charge in [0, 0.05) is 4.90 Å². The molecule has 0 aliphatic rings. The standard InChI is InChI=1S/C13H13FN2O2S/c1-2-8-12(17)15-11(16-13(8)18)7-19-10-6-4-3-5-9(10)14/h3-6H,2,7H2,1H3,(H2,15,16,17,18). The van der Waals surface area contributed by atoms with Crippen LogP contribution >= 0.6 is 11.8 Å². The van der Waals surface area contributed by atoms with Crippen molar-refractivity contribution in [2.45, 2.75) is 24.0 Å². The van der Waals surface area contributed by atoms with Crippen LogP contribution in [0, 0.1) is 5.82 Å². The third-order valence-electron chi connectivity index (χ3n) is 2.60. The summed E-state index contributed by atoms with van der Waals surface area (Å²) in [4.78, 5) is 18.6. The maximum absolute atomic E-state index is 13.4. The minimum Gasteiger partial charge on any atom is -0.493 e. The molecule has 0 bridgehead atoms. The Bertz CT molecular complexity index is 643. The fourth-order valence-corrected chi connectivity index (χ4v) is 2.44. The zero-order valence-corrected chi connectivity index (χ0v) is 11.1. The molecule has 0 spiro atoms. The average Bonchev–Trinajstić information content (AvgIpc) is 2.37. The summed E-state index contributed by atoms with van der Waals surface area (Å²) < 4.78 is 13.4. The van der Waals surface area contributed by atoms with E-state index in [1.165, 1.54) is 17.8 Å². The van der Waals surface area contributed by atoms with Crippen molar-refractivity contribution >= 4 is 11.8 Å². The van der Waals surface area contributed by atoms with Gasteiger partial charge in [-0.3, -0.25) is 4.79 Å². The molecule has 6 heteroatoms. The van der Waals surface area contributed by atoms with E-state index in [1.54, 1.807) is 25.1 Å². The SMILES string of the molecule is CCc1c(O)nc(CSc2ccccc2F)[nH]c1=O. The zero-order valence-electron chi connectivity index (χ0n) is 10.3. The molecule has 0 radical (unpaired) electrons. The van der Waals surface area contributed by atoms with Gasteiger partial charge in [0.1, 0.15) is 11.6 Å². The summed E-state index contributed by atoms with van der Waals surface area (Å²) in [6, 6.07) is 6.37. The van der Waals surface area contributed by atoms with Crippen LogP contribution in [0.4, 0.5) is 4.39 Å². The highest BCUT2D eigenvalue weighted by atomic mass is 32.2. The quantitative estimate of drug-likeness (QED) is 0.844. The topological polar surface area (TPSA) is 66.0 Å². The van der Waals surface area contributed by atoms with E-state index in [1.807, 2.05) is 0 Å². The molecule has 0 saturated carbocycles. The minimum absolute atomic E-state index is 0.254. The predicted octanol–water partition coefficient (Wildman–Crippen LogP) is 2.47. The van der Waals surface area contributed by atoms with E-state index < -0.39 is 0 Å². The molecule has 4 nitrogen and oxygen atoms in total. The molecule has 2 rings (SSSR count). The summed E-state index contributed by atoms with van der Waals surface area (Å²) in [6.07, 6.45) is 0.412. The van der Waals surface area contributed by atoms with E-state index >= 15 is 0 Å². The first-order valence-corrected chi connectivity index (χ1v) is 6.78. The second-order valence-corrected chi connectivity index (χ2v) is 4.90. The number of hydrogen-bond acceptors (Lipinski definition) is 4. The Morgan fingerprint density at radius 2 is 2.16 bits per heavy atom. The summed E-state index contributed by atoms with van der Waals surface area (Å²) >= 11 is 1.21. The smallest absolute Gasteiger partial charge is 0.257 e. The number of benzene rings is 1. The Balaban J connectivity index is 2.17. The first kappa shape index (κ1) is 13.6. The fourth-order valence-electron chi connectivity index (χ4n) is 1.63. The van der Waals surface area contributed by atoms with Crippen LogP contribution in [0.15, 0.2) is 34.0 Å². The van der Waals surface area contributed by atoms with Crippen molar-refractivity contribution in [3.63, 3.8) is 0 Å². The molecule has 100 valence electrons. The average molecular weight is 280 g/mol. The van der Waals surface area contributed by atoms with Gasteiger partial charge in [0.05, 0.1) is 11.3 Å². The Labute approximate surface area is 113 Å². The normalized spacial score (nSPS) is 10.6. The van der Waals surface area contributed by atoms with Crippen LogP contribution in [0.1, 0.15) is 18.3 Å². The number of aromatic amines is 1. The van der Waals surface area contributed by atoms with Crippen LogP contribution in [0.2, 0.25) is 0 Å². The highest BCUT2D eigenvalue weighted by Gasteiger charge is 2.09. The lowest BCUT2D eigenvalue weighted by Crippen LogP contribution is -2.15. The predicted molar refractivity (Wildman–Crippen MR) is 71.9 cm³/mol. The van der Waals surface area contributed by atoms with Gasteiger partial charge in [-0.2, -0.15) is 4.98 Å². The minimum atomic E-state index is -0.348. The lowest BCUT2D eigenvalue weighted by molar-refractivity contribution is 0.441. The third-order valence-corrected chi connectivity index (χ3v) is 3.66. The molecule has 0 atom stereocenters.